The SMILES string of the molecule is O=C(Nc1ccc2oc(-c3ccccc3)nc2c1)c1sc2c([N+](=O)[O-])cccc2c1Cl. The zero-order chi connectivity index (χ0) is 21.5. The van der Waals surface area contributed by atoms with Gasteiger partial charge in [0, 0.05) is 22.7 Å². The second kappa shape index (κ2) is 7.50. The summed E-state index contributed by atoms with van der Waals surface area (Å²) < 4.78 is 6.15. The largest absolute Gasteiger partial charge is 0.436 e. The third kappa shape index (κ3) is 3.41. The summed E-state index contributed by atoms with van der Waals surface area (Å²) in [5.74, 6) is 0.0329. The number of non-ortho nitro benzene ring substituents is 1. The first-order valence-electron chi connectivity index (χ1n) is 9.14. The summed E-state index contributed by atoms with van der Waals surface area (Å²) in [4.78, 5) is 28.3. The molecule has 0 bridgehead atoms. The maximum Gasteiger partial charge on any atom is 0.287 e. The van der Waals surface area contributed by atoms with Crippen LogP contribution in [0.4, 0.5) is 11.4 Å². The van der Waals surface area contributed by atoms with Gasteiger partial charge in [0.1, 0.15) is 15.1 Å². The molecule has 0 aliphatic carbocycles. The van der Waals surface area contributed by atoms with Gasteiger partial charge in [-0.2, -0.15) is 0 Å². The van der Waals surface area contributed by atoms with Gasteiger partial charge in [-0.1, -0.05) is 41.9 Å². The Balaban J connectivity index is 1.47. The van der Waals surface area contributed by atoms with Crippen molar-refractivity contribution in [2.45, 2.75) is 0 Å². The first-order chi connectivity index (χ1) is 15.0. The van der Waals surface area contributed by atoms with E-state index in [1.54, 1.807) is 30.3 Å². The number of carbonyl (C=O) groups is 1. The number of nitro benzene ring substituents is 1. The fourth-order valence-electron chi connectivity index (χ4n) is 3.26. The minimum atomic E-state index is -0.486. The predicted molar refractivity (Wildman–Crippen MR) is 121 cm³/mol. The summed E-state index contributed by atoms with van der Waals surface area (Å²) >= 11 is 7.35. The lowest BCUT2D eigenvalue weighted by atomic mass is 10.2. The van der Waals surface area contributed by atoms with Crippen LogP contribution in [0, 0.1) is 10.1 Å². The molecule has 1 N–H and O–H groups in total. The Hall–Kier alpha value is -3.75. The van der Waals surface area contributed by atoms with Crippen molar-refractivity contribution in [3.63, 3.8) is 0 Å². The standard InChI is InChI=1S/C22H12ClN3O4S/c23-18-14-7-4-8-16(26(28)29)19(14)31-20(18)21(27)24-13-9-10-17-15(11-13)25-22(30-17)12-5-2-1-3-6-12/h1-11H,(H,24,27). The Morgan fingerprint density at radius 3 is 2.68 bits per heavy atom. The smallest absolute Gasteiger partial charge is 0.287 e. The fourth-order valence-corrected chi connectivity index (χ4v) is 4.75. The minimum Gasteiger partial charge on any atom is -0.436 e. The Morgan fingerprint density at radius 2 is 1.90 bits per heavy atom. The number of rotatable bonds is 4. The number of amides is 1. The van der Waals surface area contributed by atoms with Crippen LogP contribution in [0.3, 0.4) is 0 Å². The van der Waals surface area contributed by atoms with Gasteiger partial charge in [0.05, 0.1) is 9.95 Å². The molecule has 9 heteroatoms. The van der Waals surface area contributed by atoms with E-state index in [1.807, 2.05) is 30.3 Å². The molecule has 0 unspecified atom stereocenters. The molecule has 5 rings (SSSR count). The van der Waals surface area contributed by atoms with Crippen LogP contribution in [0.25, 0.3) is 32.6 Å². The number of nitrogens with one attached hydrogen (secondary N) is 1. The van der Waals surface area contributed by atoms with Crippen LogP contribution in [0.15, 0.2) is 71.1 Å². The van der Waals surface area contributed by atoms with Crippen LogP contribution in [0.5, 0.6) is 0 Å². The molecule has 5 aromatic rings. The van der Waals surface area contributed by atoms with E-state index < -0.39 is 10.8 Å². The molecule has 0 fully saturated rings. The third-order valence-electron chi connectivity index (χ3n) is 4.70. The van der Waals surface area contributed by atoms with E-state index in [4.69, 9.17) is 16.0 Å². The molecule has 2 aromatic heterocycles. The van der Waals surface area contributed by atoms with Gasteiger partial charge in [0.2, 0.25) is 5.89 Å². The average molecular weight is 450 g/mol. The summed E-state index contributed by atoms with van der Waals surface area (Å²) in [6, 6.07) is 19.2. The van der Waals surface area contributed by atoms with E-state index in [9.17, 15) is 14.9 Å². The van der Waals surface area contributed by atoms with E-state index in [2.05, 4.69) is 10.3 Å². The highest BCUT2D eigenvalue weighted by Crippen LogP contribution is 2.40. The summed E-state index contributed by atoms with van der Waals surface area (Å²) in [5.41, 5.74) is 2.46. The number of benzene rings is 3. The van der Waals surface area contributed by atoms with Gasteiger partial charge in [0.15, 0.2) is 5.58 Å². The quantitative estimate of drug-likeness (QED) is 0.248. The lowest BCUT2D eigenvalue weighted by molar-refractivity contribution is -0.382. The normalized spacial score (nSPS) is 11.1. The van der Waals surface area contributed by atoms with Crippen LogP contribution in [0.2, 0.25) is 5.02 Å². The van der Waals surface area contributed by atoms with Crippen LogP contribution >= 0.6 is 22.9 Å². The molecule has 0 atom stereocenters. The second-order valence-electron chi connectivity index (χ2n) is 6.68. The van der Waals surface area contributed by atoms with Gasteiger partial charge < -0.3 is 9.73 Å². The highest BCUT2D eigenvalue weighted by atomic mass is 35.5. The molecule has 2 heterocycles. The number of thiophene rings is 1. The summed E-state index contributed by atoms with van der Waals surface area (Å²) in [5, 5.41) is 14.7. The van der Waals surface area contributed by atoms with E-state index in [0.717, 1.165) is 16.9 Å². The van der Waals surface area contributed by atoms with Gasteiger partial charge in [0.25, 0.3) is 11.6 Å². The maximum absolute atomic E-state index is 12.8. The molecule has 152 valence electrons. The summed E-state index contributed by atoms with van der Waals surface area (Å²) in [6.45, 7) is 0. The van der Waals surface area contributed by atoms with Crippen LogP contribution < -0.4 is 5.32 Å². The summed E-state index contributed by atoms with van der Waals surface area (Å²) in [7, 11) is 0. The molecular formula is C22H12ClN3O4S. The van der Waals surface area contributed by atoms with Crippen molar-refractivity contribution in [3.8, 4) is 11.5 Å². The van der Waals surface area contributed by atoms with Crippen molar-refractivity contribution in [3.05, 3.63) is 86.7 Å². The number of halogens is 1. The number of hydrogen-bond donors (Lipinski definition) is 1. The third-order valence-corrected chi connectivity index (χ3v) is 6.43. The van der Waals surface area contributed by atoms with Crippen LogP contribution in [0.1, 0.15) is 9.67 Å². The monoisotopic (exact) mass is 449 g/mol. The van der Waals surface area contributed by atoms with Gasteiger partial charge in [-0.3, -0.25) is 14.9 Å². The van der Waals surface area contributed by atoms with E-state index in [1.165, 1.54) is 6.07 Å². The molecule has 0 spiro atoms. The Morgan fingerprint density at radius 1 is 1.10 bits per heavy atom. The van der Waals surface area contributed by atoms with Crippen molar-refractivity contribution in [2.75, 3.05) is 5.32 Å². The molecular weight excluding hydrogens is 438 g/mol. The first-order valence-corrected chi connectivity index (χ1v) is 10.3. The van der Waals surface area contributed by atoms with E-state index in [-0.39, 0.29) is 15.6 Å². The predicted octanol–water partition coefficient (Wildman–Crippen LogP) is 6.52. The van der Waals surface area contributed by atoms with Crippen molar-refractivity contribution in [2.24, 2.45) is 0 Å². The van der Waals surface area contributed by atoms with E-state index >= 15 is 0 Å². The average Bonchev–Trinajstić information content (AvgIpc) is 3.35. The van der Waals surface area contributed by atoms with Gasteiger partial charge in [-0.15, -0.1) is 11.3 Å². The Kier molecular flexibility index (Phi) is 4.65. The number of hydrogen-bond acceptors (Lipinski definition) is 6. The number of fused-ring (bicyclic) bond motifs is 2. The molecule has 1 amide bonds. The minimum absolute atomic E-state index is 0.0825. The van der Waals surface area contributed by atoms with Crippen molar-refractivity contribution >= 4 is 61.4 Å². The van der Waals surface area contributed by atoms with Gasteiger partial charge in [-0.05, 0) is 30.3 Å². The Labute approximate surface area is 184 Å². The molecule has 0 aliphatic rings. The van der Waals surface area contributed by atoms with Crippen LogP contribution in [-0.4, -0.2) is 15.8 Å². The Bertz CT molecular complexity index is 1480. The number of oxazole rings is 1. The molecule has 0 aliphatic heterocycles. The summed E-state index contributed by atoms with van der Waals surface area (Å²) in [6.07, 6.45) is 0. The molecule has 0 saturated carbocycles. The fraction of sp³-hybridized carbons (Fsp3) is 0. The lowest BCUT2D eigenvalue weighted by Crippen LogP contribution is -2.10. The van der Waals surface area contributed by atoms with Crippen molar-refractivity contribution in [1.29, 1.82) is 0 Å². The van der Waals surface area contributed by atoms with E-state index in [0.29, 0.717) is 32.8 Å². The molecule has 0 radical (unpaired) electrons. The molecule has 7 nitrogen and oxygen atoms in total. The van der Waals surface area contributed by atoms with Gasteiger partial charge in [-0.25, -0.2) is 4.98 Å². The van der Waals surface area contributed by atoms with Crippen molar-refractivity contribution < 1.29 is 14.1 Å². The first kappa shape index (κ1) is 19.2. The highest BCUT2D eigenvalue weighted by Gasteiger charge is 2.23. The number of anilines is 1. The number of carbonyl (C=O) groups excluding carboxylic acids is 1. The molecule has 31 heavy (non-hydrogen) atoms. The highest BCUT2D eigenvalue weighted by molar-refractivity contribution is 7.22. The topological polar surface area (TPSA) is 98.3 Å². The maximum atomic E-state index is 12.8. The number of aromatic nitrogens is 1. The number of nitro groups is 1. The molecule has 3 aromatic carbocycles. The zero-order valence-electron chi connectivity index (χ0n) is 15.7. The zero-order valence-corrected chi connectivity index (χ0v) is 17.2. The molecule has 0 saturated heterocycles. The second-order valence-corrected chi connectivity index (χ2v) is 8.08. The van der Waals surface area contributed by atoms with Gasteiger partial charge >= 0.3 is 0 Å². The van der Waals surface area contributed by atoms with Crippen LogP contribution in [-0.2, 0) is 0 Å². The van der Waals surface area contributed by atoms with Crippen molar-refractivity contribution in [1.82, 2.24) is 4.98 Å². The number of nitrogens with zero attached hydrogens (tertiary/aromatic N) is 2. The lowest BCUT2D eigenvalue weighted by Gasteiger charge is -2.03.